The number of halogens is 3. The Morgan fingerprint density at radius 3 is 2.60 bits per heavy atom. The quantitative estimate of drug-likeness (QED) is 0.579. The number of aromatic nitrogens is 3. The largest absolute Gasteiger partial charge is 0.433 e. The molecule has 9 heteroatoms. The van der Waals surface area contributed by atoms with E-state index in [1.807, 2.05) is 13.1 Å². The fraction of sp³-hybridized carbons (Fsp3) is 0.381. The molecule has 1 aromatic carbocycles. The third-order valence-corrected chi connectivity index (χ3v) is 5.75. The van der Waals surface area contributed by atoms with E-state index in [1.54, 1.807) is 4.68 Å². The summed E-state index contributed by atoms with van der Waals surface area (Å²) in [6.07, 6.45) is 4.24. The first-order valence-corrected chi connectivity index (χ1v) is 10.2. The van der Waals surface area contributed by atoms with E-state index in [2.05, 4.69) is 15.2 Å². The number of carbonyl (C=O) groups excluding carboxylic acids is 1. The Labute approximate surface area is 176 Å². The van der Waals surface area contributed by atoms with Crippen LogP contribution in [0.25, 0.3) is 11.0 Å². The molecule has 0 aliphatic heterocycles. The number of amides is 1. The normalized spacial score (nSPS) is 16.3. The number of carbonyl (C=O) groups is 1. The number of hydrogen-bond donors (Lipinski definition) is 1. The molecule has 2 fully saturated rings. The maximum Gasteiger partial charge on any atom is 0.387 e. The van der Waals surface area contributed by atoms with Gasteiger partial charge in [-0.3, -0.25) is 9.48 Å². The molecule has 0 atom stereocenters. The van der Waals surface area contributed by atoms with Gasteiger partial charge in [0, 0.05) is 30.3 Å². The van der Waals surface area contributed by atoms with Crippen LogP contribution in [0.1, 0.15) is 59.3 Å². The van der Waals surface area contributed by atoms with Gasteiger partial charge in [0.15, 0.2) is 5.65 Å². The summed E-state index contributed by atoms with van der Waals surface area (Å²) in [7, 11) is 1.85. The lowest BCUT2D eigenvalue weighted by Gasteiger charge is -2.11. The maximum atomic E-state index is 13.2. The lowest BCUT2D eigenvalue weighted by Crippen LogP contribution is -2.14. The molecule has 0 spiro atoms. The first-order chi connectivity index (χ1) is 14.4. The Morgan fingerprint density at radius 2 is 1.97 bits per heavy atom. The number of rotatable bonds is 6. The number of nitrogens with one attached hydrogen (secondary N) is 1. The van der Waals surface area contributed by atoms with Crippen LogP contribution in [0, 0.1) is 0 Å². The van der Waals surface area contributed by atoms with Gasteiger partial charge in [-0.05, 0) is 49.9 Å². The van der Waals surface area contributed by atoms with Crippen LogP contribution < -0.4 is 10.1 Å². The zero-order valence-corrected chi connectivity index (χ0v) is 16.9. The van der Waals surface area contributed by atoms with Crippen LogP contribution in [0.5, 0.6) is 5.75 Å². The van der Waals surface area contributed by atoms with Crippen molar-refractivity contribution in [1.82, 2.24) is 14.8 Å². The summed E-state index contributed by atoms with van der Waals surface area (Å²) in [4.78, 5) is 18.0. The lowest BCUT2D eigenvalue weighted by atomic mass is 10.0. The Bertz CT molecular complexity index is 1160. The lowest BCUT2D eigenvalue weighted by molar-refractivity contribution is -0.0497. The van der Waals surface area contributed by atoms with E-state index in [0.29, 0.717) is 28.7 Å². The minimum atomic E-state index is -2.97. The molecule has 1 amide bonds. The summed E-state index contributed by atoms with van der Waals surface area (Å²) >= 11 is 6.02. The van der Waals surface area contributed by atoms with Crippen molar-refractivity contribution in [3.63, 3.8) is 0 Å². The number of nitrogens with zero attached hydrogens (tertiary/aromatic N) is 3. The average molecular weight is 433 g/mol. The Balaban J connectivity index is 1.52. The average Bonchev–Trinajstić information content (AvgIpc) is 3.60. The van der Waals surface area contributed by atoms with Crippen molar-refractivity contribution in [2.45, 2.75) is 44.1 Å². The number of hydrogen-bond acceptors (Lipinski definition) is 4. The molecule has 156 valence electrons. The van der Waals surface area contributed by atoms with E-state index in [9.17, 15) is 13.6 Å². The standard InChI is InChI=1S/C21H19ClF2N4O2/c1-28-19-17(18(27-28)11-4-5-11)13(9-15(26-19)10-2-3-10)20(29)25-12-6-7-16(14(22)8-12)30-21(23)24/h6-11,21H,2-5H2,1H3,(H,25,29). The highest BCUT2D eigenvalue weighted by molar-refractivity contribution is 6.32. The van der Waals surface area contributed by atoms with Crippen LogP contribution in [0.4, 0.5) is 14.5 Å². The molecule has 2 aliphatic carbocycles. The van der Waals surface area contributed by atoms with Crippen LogP contribution in [-0.4, -0.2) is 27.3 Å². The zero-order chi connectivity index (χ0) is 21.0. The van der Waals surface area contributed by atoms with Gasteiger partial charge in [0.2, 0.25) is 0 Å². The van der Waals surface area contributed by atoms with E-state index >= 15 is 0 Å². The fourth-order valence-electron chi connectivity index (χ4n) is 3.68. The smallest absolute Gasteiger partial charge is 0.387 e. The molecule has 2 aliphatic rings. The van der Waals surface area contributed by atoms with E-state index in [-0.39, 0.29) is 16.7 Å². The topological polar surface area (TPSA) is 69.0 Å². The molecule has 3 aromatic rings. The highest BCUT2D eigenvalue weighted by Crippen LogP contribution is 2.45. The van der Waals surface area contributed by atoms with Crippen LogP contribution >= 0.6 is 11.6 Å². The molecule has 0 saturated heterocycles. The predicted octanol–water partition coefficient (Wildman–Crippen LogP) is 5.23. The first kappa shape index (κ1) is 19.2. The summed E-state index contributed by atoms with van der Waals surface area (Å²) in [5.41, 5.74) is 3.44. The molecule has 2 heterocycles. The SMILES string of the molecule is Cn1nc(C2CC2)c2c(C(=O)Nc3ccc(OC(F)F)c(Cl)c3)cc(C3CC3)nc21. The summed E-state index contributed by atoms with van der Waals surface area (Å²) < 4.78 is 31.0. The Kier molecular flexibility index (Phi) is 4.61. The number of fused-ring (bicyclic) bond motifs is 1. The van der Waals surface area contributed by atoms with Crippen molar-refractivity contribution >= 4 is 34.2 Å². The van der Waals surface area contributed by atoms with Crippen molar-refractivity contribution in [2.75, 3.05) is 5.32 Å². The second kappa shape index (κ2) is 7.19. The third-order valence-electron chi connectivity index (χ3n) is 5.45. The monoisotopic (exact) mass is 432 g/mol. The van der Waals surface area contributed by atoms with E-state index in [1.165, 1.54) is 18.2 Å². The van der Waals surface area contributed by atoms with Gasteiger partial charge in [0.05, 0.1) is 21.7 Å². The van der Waals surface area contributed by atoms with Crippen LogP contribution in [0.15, 0.2) is 24.3 Å². The molecule has 0 radical (unpaired) electrons. The van der Waals surface area contributed by atoms with Gasteiger partial charge in [-0.2, -0.15) is 13.9 Å². The van der Waals surface area contributed by atoms with Crippen molar-refractivity contribution in [1.29, 1.82) is 0 Å². The van der Waals surface area contributed by atoms with Crippen LogP contribution in [0.3, 0.4) is 0 Å². The van der Waals surface area contributed by atoms with Gasteiger partial charge >= 0.3 is 6.61 Å². The molecular weight excluding hydrogens is 414 g/mol. The Hall–Kier alpha value is -2.74. The molecule has 2 aromatic heterocycles. The molecule has 0 bridgehead atoms. The minimum Gasteiger partial charge on any atom is -0.433 e. The van der Waals surface area contributed by atoms with Gasteiger partial charge in [-0.15, -0.1) is 0 Å². The molecule has 6 nitrogen and oxygen atoms in total. The summed E-state index contributed by atoms with van der Waals surface area (Å²) in [6, 6.07) is 6.04. The molecule has 30 heavy (non-hydrogen) atoms. The maximum absolute atomic E-state index is 13.2. The molecule has 2 saturated carbocycles. The third kappa shape index (κ3) is 3.60. The number of aryl methyl sites for hydroxylation is 1. The van der Waals surface area contributed by atoms with Crippen LogP contribution in [0.2, 0.25) is 5.02 Å². The van der Waals surface area contributed by atoms with Gasteiger partial charge in [0.25, 0.3) is 5.91 Å². The van der Waals surface area contributed by atoms with Gasteiger partial charge in [-0.25, -0.2) is 4.98 Å². The number of pyridine rings is 1. The first-order valence-electron chi connectivity index (χ1n) is 9.84. The minimum absolute atomic E-state index is 0.00769. The number of anilines is 1. The summed E-state index contributed by atoms with van der Waals surface area (Å²) in [5.74, 6) is 0.280. The zero-order valence-electron chi connectivity index (χ0n) is 16.2. The van der Waals surface area contributed by atoms with Gasteiger partial charge in [-0.1, -0.05) is 11.6 Å². The number of ether oxygens (including phenoxy) is 1. The van der Waals surface area contributed by atoms with E-state index in [4.69, 9.17) is 16.6 Å². The molecule has 1 N–H and O–H groups in total. The summed E-state index contributed by atoms with van der Waals surface area (Å²) in [5, 5.41) is 8.24. The second-order valence-electron chi connectivity index (χ2n) is 7.83. The Morgan fingerprint density at radius 1 is 1.23 bits per heavy atom. The van der Waals surface area contributed by atoms with Crippen molar-refractivity contribution in [3.05, 3.63) is 46.2 Å². The fourth-order valence-corrected chi connectivity index (χ4v) is 3.90. The van der Waals surface area contributed by atoms with Gasteiger partial charge in [0.1, 0.15) is 5.75 Å². The summed E-state index contributed by atoms with van der Waals surface area (Å²) in [6.45, 7) is -2.97. The van der Waals surface area contributed by atoms with Crippen molar-refractivity contribution in [3.8, 4) is 5.75 Å². The molecular formula is C21H19ClF2N4O2. The predicted molar refractivity (Wildman–Crippen MR) is 108 cm³/mol. The number of alkyl halides is 2. The highest BCUT2D eigenvalue weighted by atomic mass is 35.5. The van der Waals surface area contributed by atoms with Crippen molar-refractivity contribution in [2.24, 2.45) is 7.05 Å². The van der Waals surface area contributed by atoms with Crippen molar-refractivity contribution < 1.29 is 18.3 Å². The molecule has 5 rings (SSSR count). The van der Waals surface area contributed by atoms with E-state index in [0.717, 1.165) is 42.5 Å². The van der Waals surface area contributed by atoms with E-state index < -0.39 is 6.61 Å². The highest BCUT2D eigenvalue weighted by Gasteiger charge is 2.33. The van der Waals surface area contributed by atoms with Crippen LogP contribution in [-0.2, 0) is 7.05 Å². The molecule has 0 unspecified atom stereocenters. The second-order valence-corrected chi connectivity index (χ2v) is 8.24. The van der Waals surface area contributed by atoms with Gasteiger partial charge < -0.3 is 10.1 Å². The number of benzene rings is 1.